The number of rotatable bonds is 2. The van der Waals surface area contributed by atoms with Gasteiger partial charge in [0.2, 0.25) is 5.91 Å². The molecule has 0 aliphatic carbocycles. The maximum atomic E-state index is 10.0. The van der Waals surface area contributed by atoms with Gasteiger partial charge in [-0.05, 0) is 13.0 Å². The molecular weight excluding hydrogens is 118 g/mol. The van der Waals surface area contributed by atoms with Gasteiger partial charge in [0.05, 0.1) is 0 Å². The summed E-state index contributed by atoms with van der Waals surface area (Å²) in [5.74, 6) is -0.768. The number of amides is 1. The standard InChI is InChI=1S/C6H9NO2/c1-2-3-5(8)4-6(7)9/h2-4,8H,1H3,(H2,7,9)/b3-2+,5-4-. The minimum atomic E-state index is -0.648. The summed E-state index contributed by atoms with van der Waals surface area (Å²) in [7, 11) is 0. The molecule has 50 valence electrons. The Bertz CT molecular complexity index is 158. The number of carbonyl (C=O) groups excluding carboxylic acids is 1. The van der Waals surface area contributed by atoms with Crippen LogP contribution in [0.2, 0.25) is 0 Å². The van der Waals surface area contributed by atoms with Crippen LogP contribution < -0.4 is 5.73 Å². The van der Waals surface area contributed by atoms with Crippen molar-refractivity contribution in [2.24, 2.45) is 5.73 Å². The number of primary amides is 1. The van der Waals surface area contributed by atoms with E-state index < -0.39 is 5.91 Å². The fourth-order valence-electron chi connectivity index (χ4n) is 0.365. The molecule has 0 heterocycles. The number of aliphatic hydroxyl groups excluding tert-OH is 1. The summed E-state index contributed by atoms with van der Waals surface area (Å²) in [5.41, 5.74) is 4.71. The van der Waals surface area contributed by atoms with Crippen molar-refractivity contribution in [3.63, 3.8) is 0 Å². The van der Waals surface area contributed by atoms with Crippen LogP contribution >= 0.6 is 0 Å². The van der Waals surface area contributed by atoms with Gasteiger partial charge in [0.25, 0.3) is 0 Å². The van der Waals surface area contributed by atoms with Crippen LogP contribution in [0.1, 0.15) is 6.92 Å². The Balaban J connectivity index is 4.00. The predicted octanol–water partition coefficient (Wildman–Crippen LogP) is 0.490. The first kappa shape index (κ1) is 7.75. The van der Waals surface area contributed by atoms with Crippen LogP contribution in [0.3, 0.4) is 0 Å². The molecule has 0 saturated carbocycles. The number of aliphatic hydroxyl groups is 1. The monoisotopic (exact) mass is 127 g/mol. The molecule has 0 aromatic carbocycles. The SMILES string of the molecule is C/C=C/C(O)=C/C(N)=O. The lowest BCUT2D eigenvalue weighted by Gasteiger charge is -1.85. The quantitative estimate of drug-likeness (QED) is 0.322. The van der Waals surface area contributed by atoms with Crippen molar-refractivity contribution in [3.05, 3.63) is 24.0 Å². The second-order valence-corrected chi connectivity index (χ2v) is 1.47. The third-order valence-electron chi connectivity index (χ3n) is 0.628. The highest BCUT2D eigenvalue weighted by Crippen LogP contribution is 1.87. The van der Waals surface area contributed by atoms with E-state index in [4.69, 9.17) is 10.8 Å². The van der Waals surface area contributed by atoms with E-state index in [2.05, 4.69) is 0 Å². The van der Waals surface area contributed by atoms with Crippen molar-refractivity contribution in [3.8, 4) is 0 Å². The topological polar surface area (TPSA) is 63.3 Å². The molecule has 0 aromatic rings. The molecule has 0 atom stereocenters. The van der Waals surface area contributed by atoms with Gasteiger partial charge in [-0.2, -0.15) is 0 Å². The Kier molecular flexibility index (Phi) is 3.20. The van der Waals surface area contributed by atoms with Crippen LogP contribution in [0, 0.1) is 0 Å². The first-order valence-electron chi connectivity index (χ1n) is 2.49. The van der Waals surface area contributed by atoms with E-state index in [-0.39, 0.29) is 5.76 Å². The van der Waals surface area contributed by atoms with Gasteiger partial charge in [-0.15, -0.1) is 0 Å². The van der Waals surface area contributed by atoms with E-state index in [9.17, 15) is 4.79 Å². The molecule has 0 rings (SSSR count). The molecule has 0 aromatic heterocycles. The van der Waals surface area contributed by atoms with Gasteiger partial charge < -0.3 is 10.8 Å². The molecule has 0 aliphatic rings. The van der Waals surface area contributed by atoms with Crippen LogP contribution in [-0.4, -0.2) is 11.0 Å². The highest BCUT2D eigenvalue weighted by atomic mass is 16.3. The van der Waals surface area contributed by atoms with Crippen LogP contribution in [0.4, 0.5) is 0 Å². The molecule has 3 N–H and O–H groups in total. The van der Waals surface area contributed by atoms with Crippen molar-refractivity contribution in [2.75, 3.05) is 0 Å². The average Bonchev–Trinajstić information content (AvgIpc) is 1.63. The van der Waals surface area contributed by atoms with Crippen LogP contribution in [0.5, 0.6) is 0 Å². The normalized spacial score (nSPS) is 12.3. The lowest BCUT2D eigenvalue weighted by molar-refractivity contribution is -0.113. The molecule has 0 radical (unpaired) electrons. The number of hydrogen-bond donors (Lipinski definition) is 2. The molecular formula is C6H9NO2. The lowest BCUT2D eigenvalue weighted by Crippen LogP contribution is -2.06. The van der Waals surface area contributed by atoms with E-state index in [1.807, 2.05) is 0 Å². The summed E-state index contributed by atoms with van der Waals surface area (Å²) < 4.78 is 0. The lowest BCUT2D eigenvalue weighted by atomic mass is 10.4. The summed E-state index contributed by atoms with van der Waals surface area (Å²) in [6.45, 7) is 1.73. The fourth-order valence-corrected chi connectivity index (χ4v) is 0.365. The molecule has 3 heteroatoms. The minimum absolute atomic E-state index is 0.120. The highest BCUT2D eigenvalue weighted by Gasteiger charge is 1.87. The van der Waals surface area contributed by atoms with E-state index in [1.165, 1.54) is 6.08 Å². The summed E-state index contributed by atoms with van der Waals surface area (Å²) in [5, 5.41) is 8.69. The smallest absolute Gasteiger partial charge is 0.245 e. The van der Waals surface area contributed by atoms with Crippen molar-refractivity contribution in [1.82, 2.24) is 0 Å². The van der Waals surface area contributed by atoms with Gasteiger partial charge in [-0.3, -0.25) is 4.79 Å². The van der Waals surface area contributed by atoms with Crippen molar-refractivity contribution >= 4 is 5.91 Å². The molecule has 0 saturated heterocycles. The van der Waals surface area contributed by atoms with E-state index >= 15 is 0 Å². The van der Waals surface area contributed by atoms with Crippen molar-refractivity contribution < 1.29 is 9.90 Å². The van der Waals surface area contributed by atoms with E-state index in [0.717, 1.165) is 6.08 Å². The van der Waals surface area contributed by atoms with Gasteiger partial charge in [0.15, 0.2) is 0 Å². The summed E-state index contributed by atoms with van der Waals surface area (Å²) >= 11 is 0. The summed E-state index contributed by atoms with van der Waals surface area (Å²) in [6, 6.07) is 0. The molecule has 0 unspecified atom stereocenters. The Morgan fingerprint density at radius 2 is 2.22 bits per heavy atom. The first-order valence-corrected chi connectivity index (χ1v) is 2.49. The first-order chi connectivity index (χ1) is 4.16. The molecule has 0 fully saturated rings. The van der Waals surface area contributed by atoms with Crippen LogP contribution in [-0.2, 0) is 4.79 Å². The fraction of sp³-hybridized carbons (Fsp3) is 0.167. The second kappa shape index (κ2) is 3.72. The molecule has 9 heavy (non-hydrogen) atoms. The third-order valence-corrected chi connectivity index (χ3v) is 0.628. The second-order valence-electron chi connectivity index (χ2n) is 1.47. The van der Waals surface area contributed by atoms with E-state index in [0.29, 0.717) is 0 Å². The number of carbonyl (C=O) groups is 1. The van der Waals surface area contributed by atoms with Gasteiger partial charge in [-0.1, -0.05) is 6.08 Å². The minimum Gasteiger partial charge on any atom is -0.508 e. The third kappa shape index (κ3) is 4.61. The summed E-state index contributed by atoms with van der Waals surface area (Å²) in [4.78, 5) is 10.0. The molecule has 3 nitrogen and oxygen atoms in total. The molecule has 0 bridgehead atoms. The van der Waals surface area contributed by atoms with Gasteiger partial charge in [0.1, 0.15) is 5.76 Å². The Hall–Kier alpha value is -1.25. The Labute approximate surface area is 53.5 Å². The predicted molar refractivity (Wildman–Crippen MR) is 34.7 cm³/mol. The van der Waals surface area contributed by atoms with Crippen molar-refractivity contribution in [2.45, 2.75) is 6.92 Å². The van der Waals surface area contributed by atoms with Crippen LogP contribution in [0.25, 0.3) is 0 Å². The maximum absolute atomic E-state index is 10.0. The maximum Gasteiger partial charge on any atom is 0.245 e. The number of allylic oxidation sites excluding steroid dienone is 2. The van der Waals surface area contributed by atoms with Crippen molar-refractivity contribution in [1.29, 1.82) is 0 Å². The largest absolute Gasteiger partial charge is 0.508 e. The van der Waals surface area contributed by atoms with Gasteiger partial charge >= 0.3 is 0 Å². The number of nitrogens with two attached hydrogens (primary N) is 1. The molecule has 1 amide bonds. The Morgan fingerprint density at radius 3 is 2.56 bits per heavy atom. The van der Waals surface area contributed by atoms with Gasteiger partial charge in [0, 0.05) is 6.08 Å². The zero-order valence-electron chi connectivity index (χ0n) is 5.16. The van der Waals surface area contributed by atoms with Gasteiger partial charge in [-0.25, -0.2) is 0 Å². The summed E-state index contributed by atoms with van der Waals surface area (Å²) in [6.07, 6.45) is 3.93. The van der Waals surface area contributed by atoms with Crippen LogP contribution in [0.15, 0.2) is 24.0 Å². The number of hydrogen-bond acceptors (Lipinski definition) is 2. The molecule has 0 aliphatic heterocycles. The van der Waals surface area contributed by atoms with E-state index in [1.54, 1.807) is 13.0 Å². The highest BCUT2D eigenvalue weighted by molar-refractivity contribution is 5.86. The zero-order valence-corrected chi connectivity index (χ0v) is 5.16. The average molecular weight is 127 g/mol. The zero-order chi connectivity index (χ0) is 7.28. The Morgan fingerprint density at radius 1 is 1.67 bits per heavy atom. The molecule has 0 spiro atoms.